The molecule has 1 amide bonds. The summed E-state index contributed by atoms with van der Waals surface area (Å²) in [6.45, 7) is 10.3. The van der Waals surface area contributed by atoms with E-state index in [2.05, 4.69) is 0 Å². The zero-order chi connectivity index (χ0) is 15.1. The molecular formula is C14H26N2O4. The van der Waals surface area contributed by atoms with Crippen LogP contribution in [-0.4, -0.2) is 73.2 Å². The Morgan fingerprint density at radius 2 is 1.80 bits per heavy atom. The molecule has 6 nitrogen and oxygen atoms in total. The van der Waals surface area contributed by atoms with Crippen molar-refractivity contribution in [1.29, 1.82) is 0 Å². The van der Waals surface area contributed by atoms with Crippen molar-refractivity contribution in [3.05, 3.63) is 0 Å². The summed E-state index contributed by atoms with van der Waals surface area (Å²) in [5, 5.41) is 0. The molecule has 0 saturated carbocycles. The highest BCUT2D eigenvalue weighted by atomic mass is 16.5. The summed E-state index contributed by atoms with van der Waals surface area (Å²) < 4.78 is 10.5. The lowest BCUT2D eigenvalue weighted by Gasteiger charge is -2.36. The fourth-order valence-electron chi connectivity index (χ4n) is 2.34. The summed E-state index contributed by atoms with van der Waals surface area (Å²) in [6, 6.07) is 0. The van der Waals surface area contributed by atoms with Crippen LogP contribution < -0.4 is 0 Å². The lowest BCUT2D eigenvalue weighted by Crippen LogP contribution is -2.51. The van der Waals surface area contributed by atoms with Gasteiger partial charge < -0.3 is 14.4 Å². The van der Waals surface area contributed by atoms with Crippen LogP contribution in [0.4, 0.5) is 0 Å². The Morgan fingerprint density at radius 3 is 2.30 bits per heavy atom. The van der Waals surface area contributed by atoms with Gasteiger partial charge in [0.05, 0.1) is 31.9 Å². The SMILES string of the molecule is CCOC(=O)CN(CC)CC(=O)N1CC(C)OC(C)C1. The van der Waals surface area contributed by atoms with E-state index in [1.165, 1.54) is 0 Å². The molecule has 0 aromatic carbocycles. The van der Waals surface area contributed by atoms with Crippen molar-refractivity contribution in [2.24, 2.45) is 0 Å². The van der Waals surface area contributed by atoms with Crippen molar-refractivity contribution in [3.8, 4) is 0 Å². The molecule has 2 atom stereocenters. The smallest absolute Gasteiger partial charge is 0.320 e. The van der Waals surface area contributed by atoms with E-state index in [4.69, 9.17) is 9.47 Å². The number of carbonyl (C=O) groups excluding carboxylic acids is 2. The number of likely N-dealkylation sites (N-methyl/N-ethyl adjacent to an activating group) is 1. The van der Waals surface area contributed by atoms with Crippen LogP contribution in [0.2, 0.25) is 0 Å². The Morgan fingerprint density at radius 1 is 1.20 bits per heavy atom. The first-order chi connectivity index (χ1) is 9.46. The number of rotatable bonds is 6. The lowest BCUT2D eigenvalue weighted by atomic mass is 10.2. The molecular weight excluding hydrogens is 260 g/mol. The summed E-state index contributed by atoms with van der Waals surface area (Å²) in [7, 11) is 0. The minimum Gasteiger partial charge on any atom is -0.465 e. The van der Waals surface area contributed by atoms with Crippen molar-refractivity contribution in [2.45, 2.75) is 39.9 Å². The Hall–Kier alpha value is -1.14. The van der Waals surface area contributed by atoms with E-state index in [9.17, 15) is 9.59 Å². The highest BCUT2D eigenvalue weighted by Crippen LogP contribution is 2.11. The van der Waals surface area contributed by atoms with Crippen LogP contribution >= 0.6 is 0 Å². The van der Waals surface area contributed by atoms with E-state index >= 15 is 0 Å². The number of hydrogen-bond acceptors (Lipinski definition) is 5. The van der Waals surface area contributed by atoms with Crippen molar-refractivity contribution < 1.29 is 19.1 Å². The molecule has 1 rings (SSSR count). The number of esters is 1. The summed E-state index contributed by atoms with van der Waals surface area (Å²) >= 11 is 0. The maximum Gasteiger partial charge on any atom is 0.320 e. The molecule has 0 aliphatic carbocycles. The van der Waals surface area contributed by atoms with E-state index in [1.54, 1.807) is 11.8 Å². The van der Waals surface area contributed by atoms with Crippen LogP contribution in [0.5, 0.6) is 0 Å². The first-order valence-electron chi connectivity index (χ1n) is 7.27. The normalized spacial score (nSPS) is 22.9. The van der Waals surface area contributed by atoms with Gasteiger partial charge >= 0.3 is 5.97 Å². The Labute approximate surface area is 121 Å². The second-order valence-electron chi connectivity index (χ2n) is 5.16. The van der Waals surface area contributed by atoms with Gasteiger partial charge in [0.2, 0.25) is 5.91 Å². The van der Waals surface area contributed by atoms with E-state index in [0.717, 1.165) is 0 Å². The average molecular weight is 286 g/mol. The molecule has 6 heteroatoms. The van der Waals surface area contributed by atoms with Gasteiger partial charge in [-0.2, -0.15) is 0 Å². The second-order valence-corrected chi connectivity index (χ2v) is 5.16. The van der Waals surface area contributed by atoms with Gasteiger partial charge in [-0.25, -0.2) is 0 Å². The van der Waals surface area contributed by atoms with Gasteiger partial charge in [-0.05, 0) is 27.3 Å². The maximum atomic E-state index is 12.3. The third-order valence-electron chi connectivity index (χ3n) is 3.24. The molecule has 0 bridgehead atoms. The summed E-state index contributed by atoms with van der Waals surface area (Å²) in [5.41, 5.74) is 0. The number of nitrogens with zero attached hydrogens (tertiary/aromatic N) is 2. The summed E-state index contributed by atoms with van der Waals surface area (Å²) in [6.07, 6.45) is 0.116. The monoisotopic (exact) mass is 286 g/mol. The fraction of sp³-hybridized carbons (Fsp3) is 0.857. The minimum atomic E-state index is -0.286. The van der Waals surface area contributed by atoms with E-state index in [-0.39, 0.29) is 37.2 Å². The Balaban J connectivity index is 2.47. The van der Waals surface area contributed by atoms with Crippen molar-refractivity contribution in [2.75, 3.05) is 39.3 Å². The van der Waals surface area contributed by atoms with Crippen LogP contribution in [0.15, 0.2) is 0 Å². The average Bonchev–Trinajstić information content (AvgIpc) is 2.36. The zero-order valence-corrected chi connectivity index (χ0v) is 12.9. The molecule has 1 heterocycles. The number of morpholine rings is 1. The summed E-state index contributed by atoms with van der Waals surface area (Å²) in [4.78, 5) is 27.3. The molecule has 2 unspecified atom stereocenters. The molecule has 1 aliphatic rings. The molecule has 116 valence electrons. The van der Waals surface area contributed by atoms with Gasteiger partial charge in [0, 0.05) is 13.1 Å². The van der Waals surface area contributed by atoms with Gasteiger partial charge in [-0.3, -0.25) is 14.5 Å². The van der Waals surface area contributed by atoms with Crippen LogP contribution in [0.1, 0.15) is 27.7 Å². The predicted molar refractivity (Wildman–Crippen MR) is 75.3 cm³/mol. The number of hydrogen-bond donors (Lipinski definition) is 0. The first-order valence-corrected chi connectivity index (χ1v) is 7.27. The quantitative estimate of drug-likeness (QED) is 0.666. The molecule has 0 aromatic heterocycles. The third kappa shape index (κ3) is 5.46. The van der Waals surface area contributed by atoms with Crippen LogP contribution in [0, 0.1) is 0 Å². The predicted octanol–water partition coefficient (Wildman–Crippen LogP) is 0.507. The molecule has 20 heavy (non-hydrogen) atoms. The van der Waals surface area contributed by atoms with Crippen LogP contribution in [-0.2, 0) is 19.1 Å². The minimum absolute atomic E-state index is 0.0400. The van der Waals surface area contributed by atoms with Gasteiger partial charge in [-0.1, -0.05) is 6.92 Å². The Bertz CT molecular complexity index is 325. The highest BCUT2D eigenvalue weighted by Gasteiger charge is 2.27. The topological polar surface area (TPSA) is 59.1 Å². The second kappa shape index (κ2) is 8.21. The van der Waals surface area contributed by atoms with Gasteiger partial charge in [0.25, 0.3) is 0 Å². The van der Waals surface area contributed by atoms with Crippen molar-refractivity contribution >= 4 is 11.9 Å². The van der Waals surface area contributed by atoms with E-state index in [0.29, 0.717) is 26.2 Å². The fourth-order valence-corrected chi connectivity index (χ4v) is 2.34. The molecule has 1 fully saturated rings. The lowest BCUT2D eigenvalue weighted by molar-refractivity contribution is -0.148. The Kier molecular flexibility index (Phi) is 6.95. The highest BCUT2D eigenvalue weighted by molar-refractivity contribution is 5.79. The number of carbonyl (C=O) groups is 2. The number of ether oxygens (including phenoxy) is 2. The molecule has 0 N–H and O–H groups in total. The van der Waals surface area contributed by atoms with Crippen molar-refractivity contribution in [1.82, 2.24) is 9.80 Å². The largest absolute Gasteiger partial charge is 0.465 e. The molecule has 1 aliphatic heterocycles. The standard InChI is InChI=1S/C14H26N2O4/c1-5-15(10-14(18)19-6-2)9-13(17)16-7-11(3)20-12(4)8-16/h11-12H,5-10H2,1-4H3. The number of amides is 1. The molecule has 0 aromatic rings. The van der Waals surface area contributed by atoms with Gasteiger partial charge in [-0.15, -0.1) is 0 Å². The van der Waals surface area contributed by atoms with Crippen molar-refractivity contribution in [3.63, 3.8) is 0 Å². The van der Waals surface area contributed by atoms with E-state index < -0.39 is 0 Å². The molecule has 0 radical (unpaired) electrons. The molecule has 0 spiro atoms. The zero-order valence-electron chi connectivity index (χ0n) is 12.9. The maximum absolute atomic E-state index is 12.3. The molecule has 1 saturated heterocycles. The van der Waals surface area contributed by atoms with Gasteiger partial charge in [0.15, 0.2) is 0 Å². The summed E-state index contributed by atoms with van der Waals surface area (Å²) in [5.74, 6) is -0.246. The van der Waals surface area contributed by atoms with E-state index in [1.807, 2.05) is 25.7 Å². The van der Waals surface area contributed by atoms with Crippen LogP contribution in [0.3, 0.4) is 0 Å². The third-order valence-corrected chi connectivity index (χ3v) is 3.24. The van der Waals surface area contributed by atoms with Gasteiger partial charge in [0.1, 0.15) is 0 Å². The first kappa shape index (κ1) is 16.9. The van der Waals surface area contributed by atoms with Crippen LogP contribution in [0.25, 0.3) is 0 Å².